The minimum Gasteiger partial charge on any atom is -0.508 e. The van der Waals surface area contributed by atoms with Crippen LogP contribution in [0.2, 0.25) is 0 Å². The van der Waals surface area contributed by atoms with E-state index in [1.165, 1.54) is 17.3 Å². The van der Waals surface area contributed by atoms with Gasteiger partial charge >= 0.3 is 0 Å². The molecule has 0 saturated carbocycles. The molecule has 1 unspecified atom stereocenters. The number of carbonyl (C=O) groups is 1. The predicted molar refractivity (Wildman–Crippen MR) is 95.5 cm³/mol. The van der Waals surface area contributed by atoms with Crippen molar-refractivity contribution in [2.75, 3.05) is 0 Å². The highest BCUT2D eigenvalue weighted by molar-refractivity contribution is 8.22. The van der Waals surface area contributed by atoms with Gasteiger partial charge in [0.15, 0.2) is 0 Å². The number of amides is 1. The molecule has 0 radical (unpaired) electrons. The van der Waals surface area contributed by atoms with E-state index in [0.29, 0.717) is 5.56 Å². The minimum absolute atomic E-state index is 0.165. The minimum atomic E-state index is -0.339. The fourth-order valence-electron chi connectivity index (χ4n) is 2.17. The number of nitrogens with two attached hydrogens (primary N) is 1. The van der Waals surface area contributed by atoms with E-state index >= 15 is 0 Å². The molecule has 0 fully saturated rings. The Balaban J connectivity index is 1.78. The normalized spacial score (nSPS) is 17.9. The van der Waals surface area contributed by atoms with E-state index in [0.717, 1.165) is 9.99 Å². The van der Waals surface area contributed by atoms with E-state index in [4.69, 9.17) is 5.73 Å². The maximum atomic E-state index is 12.1. The smallest absolute Gasteiger partial charge is 0.270 e. The Morgan fingerprint density at radius 2 is 1.83 bits per heavy atom. The van der Waals surface area contributed by atoms with Crippen molar-refractivity contribution in [3.63, 3.8) is 0 Å². The summed E-state index contributed by atoms with van der Waals surface area (Å²) in [5.41, 5.74) is 8.01. The van der Waals surface area contributed by atoms with E-state index in [1.54, 1.807) is 30.0 Å². The van der Waals surface area contributed by atoms with Gasteiger partial charge in [0.2, 0.25) is 0 Å². The highest BCUT2D eigenvalue weighted by Crippen LogP contribution is 2.45. The molecule has 0 spiro atoms. The fraction of sp³-hybridized carbons (Fsp3) is 0.118. The second-order valence-corrected chi connectivity index (χ2v) is 7.36. The molecule has 3 rings (SSSR count). The quantitative estimate of drug-likeness (QED) is 0.793. The Morgan fingerprint density at radius 1 is 1.13 bits per heavy atom. The van der Waals surface area contributed by atoms with Crippen LogP contribution in [0.25, 0.3) is 0 Å². The molecule has 4 N–H and O–H groups in total. The van der Waals surface area contributed by atoms with Gasteiger partial charge in [-0.15, -0.1) is 11.8 Å². The molecule has 4 nitrogen and oxygen atoms in total. The van der Waals surface area contributed by atoms with Gasteiger partial charge in [0, 0.05) is 11.3 Å². The molecule has 6 heteroatoms. The summed E-state index contributed by atoms with van der Waals surface area (Å²) in [6.07, 6.45) is 0. The molecule has 0 aromatic heterocycles. The van der Waals surface area contributed by atoms with Crippen molar-refractivity contribution in [3.05, 3.63) is 75.7 Å². The molecule has 1 atom stereocenters. The fourth-order valence-corrected chi connectivity index (χ4v) is 4.58. The van der Waals surface area contributed by atoms with E-state index < -0.39 is 0 Å². The number of para-hydroxylation sites is 1. The van der Waals surface area contributed by atoms with Crippen molar-refractivity contribution in [1.82, 2.24) is 5.32 Å². The maximum Gasteiger partial charge on any atom is 0.270 e. The van der Waals surface area contributed by atoms with Crippen LogP contribution >= 0.6 is 23.5 Å². The van der Waals surface area contributed by atoms with Gasteiger partial charge in [-0.05, 0) is 11.6 Å². The summed E-state index contributed by atoms with van der Waals surface area (Å²) in [6, 6.07) is 17.0. The third-order valence-corrected chi connectivity index (χ3v) is 6.03. The zero-order chi connectivity index (χ0) is 16.2. The van der Waals surface area contributed by atoms with E-state index in [-0.39, 0.29) is 22.7 Å². The number of hydrogen-bond acceptors (Lipinski definition) is 5. The summed E-state index contributed by atoms with van der Waals surface area (Å²) in [4.78, 5) is 12.1. The van der Waals surface area contributed by atoms with Crippen molar-refractivity contribution >= 4 is 29.4 Å². The van der Waals surface area contributed by atoms with Crippen LogP contribution in [-0.2, 0) is 10.5 Å². The average molecular weight is 344 g/mol. The third-order valence-electron chi connectivity index (χ3n) is 3.38. The van der Waals surface area contributed by atoms with Crippen LogP contribution in [-0.4, -0.2) is 11.0 Å². The topological polar surface area (TPSA) is 75.3 Å². The Morgan fingerprint density at radius 3 is 2.57 bits per heavy atom. The number of rotatable bonds is 4. The van der Waals surface area contributed by atoms with E-state index in [2.05, 4.69) is 5.32 Å². The van der Waals surface area contributed by atoms with Crippen molar-refractivity contribution in [2.45, 2.75) is 11.1 Å². The molecule has 1 aliphatic heterocycles. The molecule has 0 bridgehead atoms. The Labute approximate surface area is 143 Å². The lowest BCUT2D eigenvalue weighted by Gasteiger charge is -2.26. The lowest BCUT2D eigenvalue weighted by atomic mass is 10.2. The van der Waals surface area contributed by atoms with Crippen molar-refractivity contribution in [2.24, 2.45) is 5.73 Å². The van der Waals surface area contributed by atoms with Gasteiger partial charge in [-0.25, -0.2) is 0 Å². The molecule has 2 aromatic rings. The monoisotopic (exact) mass is 344 g/mol. The van der Waals surface area contributed by atoms with Crippen molar-refractivity contribution in [1.29, 1.82) is 0 Å². The number of hydrogen-bond donors (Lipinski definition) is 3. The SMILES string of the molecule is NC1=C(SCc2ccccc2)SC(c2ccccc2O)NC1=O. The molecule has 1 heterocycles. The number of carbonyl (C=O) groups excluding carboxylic acids is 1. The molecule has 2 aromatic carbocycles. The van der Waals surface area contributed by atoms with E-state index in [9.17, 15) is 9.90 Å². The first-order valence-corrected chi connectivity index (χ1v) is 8.93. The van der Waals surface area contributed by atoms with Crippen LogP contribution < -0.4 is 11.1 Å². The van der Waals surface area contributed by atoms with Gasteiger partial charge in [-0.2, -0.15) is 0 Å². The summed E-state index contributed by atoms with van der Waals surface area (Å²) in [5.74, 6) is 0.607. The van der Waals surface area contributed by atoms with Crippen LogP contribution in [0.1, 0.15) is 16.5 Å². The van der Waals surface area contributed by atoms with Gasteiger partial charge in [0.05, 0.1) is 4.24 Å². The molecule has 118 valence electrons. The highest BCUT2D eigenvalue weighted by atomic mass is 32.2. The second kappa shape index (κ2) is 7.02. The first kappa shape index (κ1) is 15.8. The summed E-state index contributed by atoms with van der Waals surface area (Å²) in [5, 5.41) is 12.5. The largest absolute Gasteiger partial charge is 0.508 e. The number of benzene rings is 2. The highest BCUT2D eigenvalue weighted by Gasteiger charge is 2.28. The summed E-state index contributed by atoms with van der Waals surface area (Å²) in [7, 11) is 0. The van der Waals surface area contributed by atoms with Gasteiger partial charge < -0.3 is 16.2 Å². The maximum absolute atomic E-state index is 12.1. The van der Waals surface area contributed by atoms with Gasteiger partial charge in [0.25, 0.3) is 5.91 Å². The molecule has 1 aliphatic rings. The van der Waals surface area contributed by atoms with Gasteiger partial charge in [-0.3, -0.25) is 4.79 Å². The van der Waals surface area contributed by atoms with Crippen LogP contribution in [0.3, 0.4) is 0 Å². The zero-order valence-electron chi connectivity index (χ0n) is 12.2. The first-order valence-electron chi connectivity index (χ1n) is 7.07. The third kappa shape index (κ3) is 3.65. The zero-order valence-corrected chi connectivity index (χ0v) is 13.9. The summed E-state index contributed by atoms with van der Waals surface area (Å²) >= 11 is 3.00. The number of aromatic hydroxyl groups is 1. The number of phenols is 1. The average Bonchev–Trinajstić information content (AvgIpc) is 2.57. The molecule has 0 aliphatic carbocycles. The van der Waals surface area contributed by atoms with Crippen LogP contribution in [0.15, 0.2) is 64.5 Å². The number of phenolic OH excluding ortho intramolecular Hbond substituents is 1. The van der Waals surface area contributed by atoms with Crippen LogP contribution in [0.4, 0.5) is 0 Å². The molecule has 23 heavy (non-hydrogen) atoms. The Kier molecular flexibility index (Phi) is 4.83. The summed E-state index contributed by atoms with van der Waals surface area (Å²) in [6.45, 7) is 0. The molecular formula is C17H16N2O2S2. The molecule has 1 amide bonds. The summed E-state index contributed by atoms with van der Waals surface area (Å²) < 4.78 is 0.783. The van der Waals surface area contributed by atoms with E-state index in [1.807, 2.05) is 36.4 Å². The van der Waals surface area contributed by atoms with Crippen LogP contribution in [0.5, 0.6) is 5.75 Å². The second-order valence-electron chi connectivity index (χ2n) is 5.01. The van der Waals surface area contributed by atoms with Crippen molar-refractivity contribution in [3.8, 4) is 5.75 Å². The van der Waals surface area contributed by atoms with Gasteiger partial charge in [-0.1, -0.05) is 60.3 Å². The number of nitrogens with one attached hydrogen (secondary N) is 1. The Hall–Kier alpha value is -2.05. The first-order chi connectivity index (χ1) is 11.1. The van der Waals surface area contributed by atoms with Gasteiger partial charge in [0.1, 0.15) is 16.8 Å². The Bertz CT molecular complexity index is 747. The van der Waals surface area contributed by atoms with Crippen LogP contribution in [0, 0.1) is 0 Å². The standard InChI is InChI=1S/C17H16N2O2S2/c18-14-15(21)19-16(12-8-4-5-9-13(12)20)23-17(14)22-10-11-6-2-1-3-7-11/h1-9,16,20H,10,18H2,(H,19,21). The predicted octanol–water partition coefficient (Wildman–Crippen LogP) is 3.32. The molecule has 0 saturated heterocycles. The molecular weight excluding hydrogens is 328 g/mol. The lowest BCUT2D eigenvalue weighted by Crippen LogP contribution is -2.35. The number of thioether (sulfide) groups is 2. The lowest BCUT2D eigenvalue weighted by molar-refractivity contribution is -0.117. The van der Waals surface area contributed by atoms with Crippen molar-refractivity contribution < 1.29 is 9.90 Å².